The van der Waals surface area contributed by atoms with Gasteiger partial charge in [0.1, 0.15) is 13.2 Å². The van der Waals surface area contributed by atoms with Crippen LogP contribution in [0.25, 0.3) is 0 Å². The van der Waals surface area contributed by atoms with E-state index in [-0.39, 0.29) is 31.1 Å². The van der Waals surface area contributed by atoms with Gasteiger partial charge in [-0.1, -0.05) is 293 Å². The van der Waals surface area contributed by atoms with Crippen LogP contribution in [0.2, 0.25) is 0 Å². The Kier molecular flexibility index (Phi) is 60.7. The highest BCUT2D eigenvalue weighted by Crippen LogP contribution is 2.17. The van der Waals surface area contributed by atoms with Crippen molar-refractivity contribution >= 4 is 17.9 Å². The fourth-order valence-electron chi connectivity index (χ4n) is 9.35. The van der Waals surface area contributed by atoms with E-state index in [1.165, 1.54) is 173 Å². The Hall–Kier alpha value is -3.15. The summed E-state index contributed by atoms with van der Waals surface area (Å²) in [6, 6.07) is 0. The minimum Gasteiger partial charge on any atom is -0.462 e. The molecule has 0 aromatic carbocycles. The summed E-state index contributed by atoms with van der Waals surface area (Å²) in [7, 11) is 0. The van der Waals surface area contributed by atoms with Crippen LogP contribution in [-0.4, -0.2) is 37.2 Å². The number of ether oxygens (including phenoxy) is 3. The lowest BCUT2D eigenvalue weighted by atomic mass is 10.0. The van der Waals surface area contributed by atoms with Crippen LogP contribution in [0, 0.1) is 0 Å². The monoisotopic (exact) mass is 1050 g/mol. The highest BCUT2D eigenvalue weighted by molar-refractivity contribution is 5.71. The molecule has 0 fully saturated rings. The first-order valence-electron chi connectivity index (χ1n) is 32.4. The van der Waals surface area contributed by atoms with Gasteiger partial charge in [0.05, 0.1) is 0 Å². The van der Waals surface area contributed by atoms with E-state index in [2.05, 4.69) is 93.7 Å². The first-order valence-corrected chi connectivity index (χ1v) is 32.4. The Labute approximate surface area is 465 Å². The molecule has 6 nitrogen and oxygen atoms in total. The van der Waals surface area contributed by atoms with Crippen molar-refractivity contribution in [2.45, 2.75) is 335 Å². The summed E-state index contributed by atoms with van der Waals surface area (Å²) in [4.78, 5) is 38.3. The number of unbranched alkanes of at least 4 members (excludes halogenated alkanes) is 36. The first kappa shape index (κ1) is 71.8. The van der Waals surface area contributed by atoms with Gasteiger partial charge in [-0.05, 0) is 89.9 Å². The third-order valence-corrected chi connectivity index (χ3v) is 14.2. The van der Waals surface area contributed by atoms with Gasteiger partial charge in [0.25, 0.3) is 0 Å². The molecule has 1 unspecified atom stereocenters. The lowest BCUT2D eigenvalue weighted by Gasteiger charge is -2.18. The quantitative estimate of drug-likeness (QED) is 0.0261. The van der Waals surface area contributed by atoms with E-state index in [1.807, 2.05) is 0 Å². The van der Waals surface area contributed by atoms with Crippen molar-refractivity contribution in [2.24, 2.45) is 0 Å². The van der Waals surface area contributed by atoms with Crippen LogP contribution in [0.5, 0.6) is 0 Å². The normalized spacial score (nSPS) is 12.5. The van der Waals surface area contributed by atoms with Gasteiger partial charge in [-0.2, -0.15) is 0 Å². The van der Waals surface area contributed by atoms with E-state index in [4.69, 9.17) is 14.2 Å². The number of carbonyl (C=O) groups is 3. The maximum atomic E-state index is 12.9. The average molecular weight is 1050 g/mol. The zero-order chi connectivity index (χ0) is 54.3. The van der Waals surface area contributed by atoms with Crippen LogP contribution in [-0.2, 0) is 28.6 Å². The van der Waals surface area contributed by atoms with Gasteiger partial charge in [-0.25, -0.2) is 0 Å². The molecule has 6 heteroatoms. The molecule has 1 atom stereocenters. The van der Waals surface area contributed by atoms with Crippen molar-refractivity contribution in [1.82, 2.24) is 0 Å². The maximum absolute atomic E-state index is 12.9. The van der Waals surface area contributed by atoms with Gasteiger partial charge in [0.2, 0.25) is 0 Å². The minimum absolute atomic E-state index is 0.0824. The van der Waals surface area contributed by atoms with E-state index >= 15 is 0 Å². The summed E-state index contributed by atoms with van der Waals surface area (Å²) < 4.78 is 16.9. The van der Waals surface area contributed by atoms with E-state index < -0.39 is 6.10 Å². The topological polar surface area (TPSA) is 78.9 Å². The van der Waals surface area contributed by atoms with Crippen LogP contribution >= 0.6 is 0 Å². The van der Waals surface area contributed by atoms with Crippen LogP contribution in [0.15, 0.2) is 72.9 Å². The summed E-state index contributed by atoms with van der Waals surface area (Å²) >= 11 is 0. The lowest BCUT2D eigenvalue weighted by molar-refractivity contribution is -0.167. The molecular formula is C69H122O6. The molecular weight excluding hydrogens is 925 g/mol. The largest absolute Gasteiger partial charge is 0.462 e. The molecule has 0 aliphatic carbocycles. The molecule has 0 radical (unpaired) electrons. The molecule has 434 valence electrons. The summed E-state index contributed by atoms with van der Waals surface area (Å²) in [5.41, 5.74) is 0. The van der Waals surface area contributed by atoms with Crippen molar-refractivity contribution in [2.75, 3.05) is 13.2 Å². The molecule has 0 amide bonds. The Morgan fingerprint density at radius 2 is 0.520 bits per heavy atom. The molecule has 0 rings (SSSR count). The van der Waals surface area contributed by atoms with Crippen molar-refractivity contribution in [3.63, 3.8) is 0 Å². The molecule has 75 heavy (non-hydrogen) atoms. The van der Waals surface area contributed by atoms with E-state index in [9.17, 15) is 14.4 Å². The van der Waals surface area contributed by atoms with E-state index in [1.54, 1.807) is 0 Å². The van der Waals surface area contributed by atoms with E-state index in [0.29, 0.717) is 19.3 Å². The predicted molar refractivity (Wildman–Crippen MR) is 325 cm³/mol. The van der Waals surface area contributed by atoms with Gasteiger partial charge < -0.3 is 14.2 Å². The number of allylic oxidation sites excluding steroid dienone is 12. The van der Waals surface area contributed by atoms with Crippen LogP contribution in [0.1, 0.15) is 329 Å². The Morgan fingerprint density at radius 1 is 0.280 bits per heavy atom. The van der Waals surface area contributed by atoms with Gasteiger partial charge in [-0.3, -0.25) is 14.4 Å². The fraction of sp³-hybridized carbons (Fsp3) is 0.783. The summed E-state index contributed by atoms with van der Waals surface area (Å²) in [6.07, 6.45) is 81.9. The fourth-order valence-corrected chi connectivity index (χ4v) is 9.35. The van der Waals surface area contributed by atoms with Gasteiger partial charge >= 0.3 is 17.9 Å². The highest BCUT2D eigenvalue weighted by Gasteiger charge is 2.19. The smallest absolute Gasteiger partial charge is 0.306 e. The lowest BCUT2D eigenvalue weighted by Crippen LogP contribution is -2.30. The number of rotatable bonds is 59. The molecule has 0 aromatic rings. The molecule has 0 saturated heterocycles. The molecule has 0 N–H and O–H groups in total. The second kappa shape index (κ2) is 63.4. The standard InChI is InChI=1S/C69H122O6/c1-4-7-10-13-16-19-22-25-28-30-32-33-34-35-37-38-41-44-47-50-53-56-59-62-68(71)74-65-66(64-73-67(70)61-58-55-52-49-46-43-40-27-24-21-18-15-12-9-6-3)75-69(72)63-60-57-54-51-48-45-42-39-36-31-29-26-23-20-17-14-11-8-5-2/h9,12,18,21-22,25,27,30,32,34-35,40,66H,4-8,10-11,13-17,19-20,23-24,26,28-29,31,33,36-39,41-65H2,1-3H3/b12-9-,21-18-,25-22-,32-30-,35-34-,40-27-. The zero-order valence-electron chi connectivity index (χ0n) is 49.8. The maximum Gasteiger partial charge on any atom is 0.306 e. The second-order valence-corrected chi connectivity index (χ2v) is 21.6. The first-order chi connectivity index (χ1) is 37.0. The van der Waals surface area contributed by atoms with Crippen molar-refractivity contribution < 1.29 is 28.6 Å². The molecule has 0 aliphatic heterocycles. The summed E-state index contributed by atoms with van der Waals surface area (Å²) in [5, 5.41) is 0. The van der Waals surface area contributed by atoms with Crippen molar-refractivity contribution in [3.8, 4) is 0 Å². The highest BCUT2D eigenvalue weighted by atomic mass is 16.6. The number of esters is 3. The van der Waals surface area contributed by atoms with Gasteiger partial charge in [0, 0.05) is 19.3 Å². The average Bonchev–Trinajstić information content (AvgIpc) is 3.41. The minimum atomic E-state index is -0.786. The molecule has 0 aromatic heterocycles. The summed E-state index contributed by atoms with van der Waals surface area (Å²) in [6.45, 7) is 6.54. The van der Waals surface area contributed by atoms with Gasteiger partial charge in [0.15, 0.2) is 6.10 Å². The van der Waals surface area contributed by atoms with Crippen LogP contribution < -0.4 is 0 Å². The number of carbonyl (C=O) groups excluding carboxylic acids is 3. The molecule has 0 saturated carbocycles. The number of hydrogen-bond acceptors (Lipinski definition) is 6. The Balaban J connectivity index is 4.36. The van der Waals surface area contributed by atoms with Crippen LogP contribution in [0.3, 0.4) is 0 Å². The molecule has 0 aliphatic rings. The van der Waals surface area contributed by atoms with Gasteiger partial charge in [-0.15, -0.1) is 0 Å². The molecule has 0 bridgehead atoms. The molecule has 0 spiro atoms. The second-order valence-electron chi connectivity index (χ2n) is 21.6. The van der Waals surface area contributed by atoms with Crippen molar-refractivity contribution in [3.05, 3.63) is 72.9 Å². The molecule has 0 heterocycles. The van der Waals surface area contributed by atoms with Crippen LogP contribution in [0.4, 0.5) is 0 Å². The van der Waals surface area contributed by atoms with Crippen molar-refractivity contribution in [1.29, 1.82) is 0 Å². The third kappa shape index (κ3) is 61.6. The van der Waals surface area contributed by atoms with E-state index in [0.717, 1.165) is 116 Å². The third-order valence-electron chi connectivity index (χ3n) is 14.2. The predicted octanol–water partition coefficient (Wildman–Crippen LogP) is 22.1. The number of hydrogen-bond donors (Lipinski definition) is 0. The Morgan fingerprint density at radius 3 is 0.813 bits per heavy atom. The summed E-state index contributed by atoms with van der Waals surface area (Å²) in [5.74, 6) is -0.889. The SMILES string of the molecule is CC/C=C\C/C=C\C/C=C\CCCCCCCC(=O)OCC(COC(=O)CCCCCCCCCC/C=C\C/C=C\C/C=C\CCCCCCC)OC(=O)CCCCCCCCCCCCCCCCCCCCC. The zero-order valence-corrected chi connectivity index (χ0v) is 49.8. The Bertz CT molecular complexity index is 1390.